The molecule has 1 aromatic carbocycles. The van der Waals surface area contributed by atoms with Crippen LogP contribution in [-0.4, -0.2) is 32.4 Å². The molecule has 0 bridgehead atoms. The summed E-state index contributed by atoms with van der Waals surface area (Å²) in [6.07, 6.45) is 0. The predicted octanol–water partition coefficient (Wildman–Crippen LogP) is 2.77. The third kappa shape index (κ3) is 2.79. The summed E-state index contributed by atoms with van der Waals surface area (Å²) in [5.74, 6) is 0.0485. The van der Waals surface area contributed by atoms with E-state index in [1.54, 1.807) is 0 Å². The van der Waals surface area contributed by atoms with E-state index in [0.717, 1.165) is 16.7 Å². The number of alkyl halides is 1. The van der Waals surface area contributed by atoms with E-state index in [-0.39, 0.29) is 11.8 Å². The average molecular weight is 320 g/mol. The Balaban J connectivity index is 2.11. The van der Waals surface area contributed by atoms with Crippen molar-refractivity contribution in [1.29, 1.82) is 0 Å². The first kappa shape index (κ1) is 13.7. The molecule has 0 aliphatic heterocycles. The highest BCUT2D eigenvalue weighted by Gasteiger charge is 2.19. The number of H-pyrrole nitrogens is 1. The fraction of sp³-hybridized carbons (Fsp3) is 0.0769. The standard InChI is InChI=1S/C13H10ClN5OS/c14-6-10(20)15-13-11(12-16-18-19-17-12)9(7-21-13)8-4-2-1-3-5-8/h1-5,7H,6H2,(H,15,20)(H,16,17,18,19). The number of thiophene rings is 1. The molecule has 21 heavy (non-hydrogen) atoms. The first-order chi connectivity index (χ1) is 10.3. The van der Waals surface area contributed by atoms with Crippen LogP contribution in [0.4, 0.5) is 5.00 Å². The van der Waals surface area contributed by atoms with Gasteiger partial charge in [-0.3, -0.25) is 4.79 Å². The summed E-state index contributed by atoms with van der Waals surface area (Å²) in [4.78, 5) is 11.5. The van der Waals surface area contributed by atoms with Gasteiger partial charge in [0, 0.05) is 10.9 Å². The van der Waals surface area contributed by atoms with Gasteiger partial charge in [-0.25, -0.2) is 0 Å². The number of anilines is 1. The van der Waals surface area contributed by atoms with Gasteiger partial charge in [-0.1, -0.05) is 30.3 Å². The average Bonchev–Trinajstić information content (AvgIpc) is 3.17. The Labute approximate surface area is 129 Å². The molecule has 0 atom stereocenters. The molecular weight excluding hydrogens is 310 g/mol. The number of amides is 1. The molecular formula is C13H10ClN5OS. The molecule has 0 saturated heterocycles. The zero-order chi connectivity index (χ0) is 14.7. The van der Waals surface area contributed by atoms with Gasteiger partial charge < -0.3 is 5.32 Å². The maximum Gasteiger partial charge on any atom is 0.239 e. The Kier molecular flexibility index (Phi) is 3.94. The third-order valence-electron chi connectivity index (χ3n) is 2.82. The molecule has 0 spiro atoms. The maximum absolute atomic E-state index is 11.5. The van der Waals surface area contributed by atoms with Crippen LogP contribution in [0.25, 0.3) is 22.5 Å². The maximum atomic E-state index is 11.5. The highest BCUT2D eigenvalue weighted by atomic mass is 35.5. The van der Waals surface area contributed by atoms with E-state index in [1.165, 1.54) is 11.3 Å². The lowest BCUT2D eigenvalue weighted by Crippen LogP contribution is -2.12. The monoisotopic (exact) mass is 319 g/mol. The number of carbonyl (C=O) groups excluding carboxylic acids is 1. The van der Waals surface area contributed by atoms with E-state index in [0.29, 0.717) is 10.8 Å². The van der Waals surface area contributed by atoms with Crippen molar-refractivity contribution in [3.05, 3.63) is 35.7 Å². The highest BCUT2D eigenvalue weighted by molar-refractivity contribution is 7.15. The molecule has 8 heteroatoms. The molecule has 1 amide bonds. The number of tetrazole rings is 1. The van der Waals surface area contributed by atoms with Gasteiger partial charge in [0.05, 0.1) is 5.56 Å². The van der Waals surface area contributed by atoms with E-state index in [2.05, 4.69) is 25.9 Å². The molecule has 0 radical (unpaired) electrons. The fourth-order valence-corrected chi connectivity index (χ4v) is 2.98. The lowest BCUT2D eigenvalue weighted by Gasteiger charge is -2.05. The van der Waals surface area contributed by atoms with E-state index in [4.69, 9.17) is 11.6 Å². The summed E-state index contributed by atoms with van der Waals surface area (Å²) in [6, 6.07) is 9.81. The van der Waals surface area contributed by atoms with Crippen LogP contribution >= 0.6 is 22.9 Å². The Hall–Kier alpha value is -2.25. The van der Waals surface area contributed by atoms with Crippen LogP contribution < -0.4 is 5.32 Å². The van der Waals surface area contributed by atoms with Gasteiger partial charge in [-0.2, -0.15) is 5.21 Å². The second-order valence-electron chi connectivity index (χ2n) is 4.14. The van der Waals surface area contributed by atoms with Crippen molar-refractivity contribution in [3.8, 4) is 22.5 Å². The Bertz CT molecular complexity index is 741. The number of aromatic amines is 1. The van der Waals surface area contributed by atoms with Gasteiger partial charge in [0.2, 0.25) is 11.7 Å². The minimum Gasteiger partial charge on any atom is -0.316 e. The van der Waals surface area contributed by atoms with Crippen LogP contribution in [0.5, 0.6) is 0 Å². The second-order valence-corrected chi connectivity index (χ2v) is 5.28. The molecule has 0 unspecified atom stereocenters. The van der Waals surface area contributed by atoms with E-state index < -0.39 is 0 Å². The topological polar surface area (TPSA) is 83.6 Å². The van der Waals surface area contributed by atoms with Crippen molar-refractivity contribution in [2.75, 3.05) is 11.2 Å². The van der Waals surface area contributed by atoms with Crippen LogP contribution in [-0.2, 0) is 4.79 Å². The molecule has 0 saturated carbocycles. The van der Waals surface area contributed by atoms with Crippen molar-refractivity contribution in [2.45, 2.75) is 0 Å². The number of nitrogens with one attached hydrogen (secondary N) is 2. The van der Waals surface area contributed by atoms with Crippen LogP contribution in [0, 0.1) is 0 Å². The molecule has 2 N–H and O–H groups in total. The molecule has 0 aliphatic carbocycles. The summed E-state index contributed by atoms with van der Waals surface area (Å²) in [5, 5.41) is 19.4. The summed E-state index contributed by atoms with van der Waals surface area (Å²) in [5.41, 5.74) is 2.69. The largest absolute Gasteiger partial charge is 0.316 e. The second kappa shape index (κ2) is 6.02. The molecule has 2 heterocycles. The highest BCUT2D eigenvalue weighted by Crippen LogP contribution is 2.41. The fourth-order valence-electron chi connectivity index (χ4n) is 1.93. The number of nitrogens with zero attached hydrogens (tertiary/aromatic N) is 3. The summed E-state index contributed by atoms with van der Waals surface area (Å²) >= 11 is 6.95. The summed E-state index contributed by atoms with van der Waals surface area (Å²) < 4.78 is 0. The van der Waals surface area contributed by atoms with Gasteiger partial charge in [0.25, 0.3) is 0 Å². The number of hydrogen-bond donors (Lipinski definition) is 2. The molecule has 106 valence electrons. The van der Waals surface area contributed by atoms with E-state index >= 15 is 0 Å². The number of hydrogen-bond acceptors (Lipinski definition) is 5. The van der Waals surface area contributed by atoms with E-state index in [9.17, 15) is 4.79 Å². The molecule has 0 aliphatic rings. The lowest BCUT2D eigenvalue weighted by atomic mass is 10.0. The van der Waals surface area contributed by atoms with Gasteiger partial charge in [-0.05, 0) is 10.8 Å². The van der Waals surface area contributed by atoms with Crippen molar-refractivity contribution in [3.63, 3.8) is 0 Å². The smallest absolute Gasteiger partial charge is 0.239 e. The summed E-state index contributed by atoms with van der Waals surface area (Å²) in [7, 11) is 0. The minimum absolute atomic E-state index is 0.107. The Morgan fingerprint density at radius 3 is 2.81 bits per heavy atom. The number of carbonyl (C=O) groups is 1. The minimum atomic E-state index is -0.275. The van der Waals surface area contributed by atoms with Crippen LogP contribution in [0.3, 0.4) is 0 Å². The zero-order valence-electron chi connectivity index (χ0n) is 10.7. The number of rotatable bonds is 4. The zero-order valence-corrected chi connectivity index (χ0v) is 12.3. The molecule has 2 aromatic heterocycles. The number of benzene rings is 1. The molecule has 3 rings (SSSR count). The first-order valence-electron chi connectivity index (χ1n) is 6.06. The first-order valence-corrected chi connectivity index (χ1v) is 7.47. The molecule has 0 fully saturated rings. The van der Waals surface area contributed by atoms with E-state index in [1.807, 2.05) is 35.7 Å². The molecule has 3 aromatic rings. The van der Waals surface area contributed by atoms with Crippen molar-refractivity contribution < 1.29 is 4.79 Å². The predicted molar refractivity (Wildman–Crippen MR) is 82.3 cm³/mol. The Morgan fingerprint density at radius 1 is 1.33 bits per heavy atom. The lowest BCUT2D eigenvalue weighted by molar-refractivity contribution is -0.113. The molecule has 6 nitrogen and oxygen atoms in total. The SMILES string of the molecule is O=C(CCl)Nc1scc(-c2ccccc2)c1-c1nn[nH]n1. The van der Waals surface area contributed by atoms with Crippen molar-refractivity contribution >= 4 is 33.8 Å². The number of aromatic nitrogens is 4. The quantitative estimate of drug-likeness (QED) is 0.724. The van der Waals surface area contributed by atoms with Gasteiger partial charge in [0.1, 0.15) is 10.9 Å². The van der Waals surface area contributed by atoms with Crippen LogP contribution in [0.15, 0.2) is 35.7 Å². The number of halogens is 1. The van der Waals surface area contributed by atoms with Gasteiger partial charge in [0.15, 0.2) is 0 Å². The normalized spacial score (nSPS) is 10.5. The van der Waals surface area contributed by atoms with Crippen LogP contribution in [0.2, 0.25) is 0 Å². The van der Waals surface area contributed by atoms with Gasteiger partial charge >= 0.3 is 0 Å². The third-order valence-corrected chi connectivity index (χ3v) is 3.96. The Morgan fingerprint density at radius 2 is 2.14 bits per heavy atom. The van der Waals surface area contributed by atoms with Crippen LogP contribution in [0.1, 0.15) is 0 Å². The summed E-state index contributed by atoms with van der Waals surface area (Å²) in [6.45, 7) is 0. The van der Waals surface area contributed by atoms with Crippen molar-refractivity contribution in [2.24, 2.45) is 0 Å². The van der Waals surface area contributed by atoms with Crippen molar-refractivity contribution in [1.82, 2.24) is 20.6 Å². The van der Waals surface area contributed by atoms with Gasteiger partial charge in [-0.15, -0.1) is 33.1 Å².